The molecule has 1 aliphatic heterocycles. The maximum atomic E-state index is 5.93. The molecule has 0 aromatic carbocycles. The first-order valence-corrected chi connectivity index (χ1v) is 6.25. The standard InChI is InChI=1S/C13H21N3.ClH/c1-2-12(14)9-11-5-6-13(15-10-11)16-7-3-4-8-16;/h5-6,10,12H,2-4,7-9,14H2,1H3;1H. The molecule has 1 aromatic rings. The van der Waals surface area contributed by atoms with Crippen LogP contribution in [0, 0.1) is 0 Å². The van der Waals surface area contributed by atoms with E-state index < -0.39 is 0 Å². The molecule has 3 nitrogen and oxygen atoms in total. The Morgan fingerprint density at radius 3 is 2.59 bits per heavy atom. The van der Waals surface area contributed by atoms with E-state index in [0.717, 1.165) is 31.7 Å². The molecule has 2 N–H and O–H groups in total. The maximum Gasteiger partial charge on any atom is 0.128 e. The minimum Gasteiger partial charge on any atom is -0.357 e. The van der Waals surface area contributed by atoms with Crippen LogP contribution >= 0.6 is 12.4 Å². The molecule has 2 heterocycles. The van der Waals surface area contributed by atoms with Crippen molar-refractivity contribution in [3.05, 3.63) is 23.9 Å². The second-order valence-corrected chi connectivity index (χ2v) is 4.59. The Bertz CT molecular complexity index is 320. The average molecular weight is 256 g/mol. The van der Waals surface area contributed by atoms with Gasteiger partial charge in [0.25, 0.3) is 0 Å². The van der Waals surface area contributed by atoms with Crippen LogP contribution in [-0.2, 0) is 6.42 Å². The zero-order valence-corrected chi connectivity index (χ0v) is 11.2. The topological polar surface area (TPSA) is 42.1 Å². The Kier molecular flexibility index (Phi) is 5.72. The van der Waals surface area contributed by atoms with Crippen LogP contribution in [0.5, 0.6) is 0 Å². The molecule has 1 atom stereocenters. The molecule has 1 aliphatic rings. The second kappa shape index (κ2) is 6.82. The quantitative estimate of drug-likeness (QED) is 0.898. The molecule has 96 valence electrons. The van der Waals surface area contributed by atoms with Crippen LogP contribution in [0.3, 0.4) is 0 Å². The summed E-state index contributed by atoms with van der Waals surface area (Å²) in [5, 5.41) is 0. The van der Waals surface area contributed by atoms with Crippen molar-refractivity contribution >= 4 is 18.2 Å². The van der Waals surface area contributed by atoms with E-state index in [0.29, 0.717) is 0 Å². The van der Waals surface area contributed by atoms with Crippen molar-refractivity contribution in [1.29, 1.82) is 0 Å². The van der Waals surface area contributed by atoms with Gasteiger partial charge in [0.15, 0.2) is 0 Å². The van der Waals surface area contributed by atoms with Gasteiger partial charge < -0.3 is 10.6 Å². The van der Waals surface area contributed by atoms with Crippen molar-refractivity contribution in [2.75, 3.05) is 18.0 Å². The molecular formula is C13H22ClN3. The number of nitrogens with zero attached hydrogens (tertiary/aromatic N) is 2. The molecule has 0 radical (unpaired) electrons. The molecule has 0 amide bonds. The normalized spacial score (nSPS) is 16.7. The summed E-state index contributed by atoms with van der Waals surface area (Å²) in [7, 11) is 0. The molecule has 4 heteroatoms. The highest BCUT2D eigenvalue weighted by Gasteiger charge is 2.13. The molecule has 0 bridgehead atoms. The summed E-state index contributed by atoms with van der Waals surface area (Å²) in [6.45, 7) is 4.43. The SMILES string of the molecule is CCC(N)Cc1ccc(N2CCCC2)nc1.Cl. The number of nitrogens with two attached hydrogens (primary N) is 1. The Labute approximate surface area is 110 Å². The zero-order valence-electron chi connectivity index (χ0n) is 10.4. The second-order valence-electron chi connectivity index (χ2n) is 4.59. The van der Waals surface area contributed by atoms with E-state index in [1.165, 1.54) is 18.4 Å². The predicted octanol–water partition coefficient (Wildman–Crippen LogP) is 2.38. The maximum absolute atomic E-state index is 5.93. The monoisotopic (exact) mass is 255 g/mol. The van der Waals surface area contributed by atoms with Crippen LogP contribution in [0.25, 0.3) is 0 Å². The van der Waals surface area contributed by atoms with Gasteiger partial charge in [-0.15, -0.1) is 12.4 Å². The predicted molar refractivity (Wildman–Crippen MR) is 74.9 cm³/mol. The third-order valence-electron chi connectivity index (χ3n) is 3.26. The lowest BCUT2D eigenvalue weighted by Gasteiger charge is -2.16. The number of rotatable bonds is 4. The molecule has 1 saturated heterocycles. The van der Waals surface area contributed by atoms with Gasteiger partial charge in [0.2, 0.25) is 0 Å². The van der Waals surface area contributed by atoms with Crippen LogP contribution in [-0.4, -0.2) is 24.1 Å². The van der Waals surface area contributed by atoms with Gasteiger partial charge >= 0.3 is 0 Å². The van der Waals surface area contributed by atoms with Gasteiger partial charge in [0.05, 0.1) is 0 Å². The first-order valence-electron chi connectivity index (χ1n) is 6.25. The summed E-state index contributed by atoms with van der Waals surface area (Å²) in [6, 6.07) is 4.55. The van der Waals surface area contributed by atoms with Gasteiger partial charge in [-0.05, 0) is 37.3 Å². The van der Waals surface area contributed by atoms with Crippen LogP contribution in [0.1, 0.15) is 31.7 Å². The summed E-state index contributed by atoms with van der Waals surface area (Å²) >= 11 is 0. The summed E-state index contributed by atoms with van der Waals surface area (Å²) in [5.41, 5.74) is 7.17. The molecule has 1 fully saturated rings. The number of pyridine rings is 1. The van der Waals surface area contributed by atoms with Crippen molar-refractivity contribution in [1.82, 2.24) is 4.98 Å². The average Bonchev–Trinajstić information content (AvgIpc) is 2.83. The fourth-order valence-corrected chi connectivity index (χ4v) is 2.12. The zero-order chi connectivity index (χ0) is 11.4. The molecular weight excluding hydrogens is 234 g/mol. The first kappa shape index (κ1) is 14.3. The van der Waals surface area contributed by atoms with Crippen LogP contribution in [0.4, 0.5) is 5.82 Å². The number of anilines is 1. The number of hydrogen-bond donors (Lipinski definition) is 1. The summed E-state index contributed by atoms with van der Waals surface area (Å²) in [4.78, 5) is 6.87. The summed E-state index contributed by atoms with van der Waals surface area (Å²) < 4.78 is 0. The van der Waals surface area contributed by atoms with E-state index in [-0.39, 0.29) is 18.4 Å². The van der Waals surface area contributed by atoms with Crippen LogP contribution < -0.4 is 10.6 Å². The van der Waals surface area contributed by atoms with Gasteiger partial charge in [-0.25, -0.2) is 4.98 Å². The van der Waals surface area contributed by atoms with E-state index >= 15 is 0 Å². The van der Waals surface area contributed by atoms with Gasteiger partial charge in [-0.3, -0.25) is 0 Å². The van der Waals surface area contributed by atoms with Gasteiger partial charge in [-0.1, -0.05) is 13.0 Å². The lowest BCUT2D eigenvalue weighted by Crippen LogP contribution is -2.22. The van der Waals surface area contributed by atoms with Crippen molar-refractivity contribution in [3.63, 3.8) is 0 Å². The molecule has 0 saturated carbocycles. The first-order chi connectivity index (χ1) is 7.79. The highest BCUT2D eigenvalue weighted by Crippen LogP contribution is 2.17. The Hall–Kier alpha value is -0.800. The van der Waals surface area contributed by atoms with E-state index in [2.05, 4.69) is 28.9 Å². The van der Waals surface area contributed by atoms with Crippen molar-refractivity contribution in [2.24, 2.45) is 5.73 Å². The lowest BCUT2D eigenvalue weighted by molar-refractivity contribution is 0.645. The van der Waals surface area contributed by atoms with E-state index in [1.54, 1.807) is 0 Å². The number of aromatic nitrogens is 1. The molecule has 1 unspecified atom stereocenters. The Morgan fingerprint density at radius 1 is 1.35 bits per heavy atom. The summed E-state index contributed by atoms with van der Waals surface area (Å²) in [5.74, 6) is 1.12. The van der Waals surface area contributed by atoms with E-state index in [1.807, 2.05) is 6.20 Å². The van der Waals surface area contributed by atoms with Crippen LogP contribution in [0.2, 0.25) is 0 Å². The molecule has 0 spiro atoms. The fourth-order valence-electron chi connectivity index (χ4n) is 2.12. The Morgan fingerprint density at radius 2 is 2.06 bits per heavy atom. The minimum absolute atomic E-state index is 0. The van der Waals surface area contributed by atoms with Crippen molar-refractivity contribution < 1.29 is 0 Å². The summed E-state index contributed by atoms with van der Waals surface area (Å²) in [6.07, 6.45) is 6.52. The van der Waals surface area contributed by atoms with E-state index in [4.69, 9.17) is 5.73 Å². The van der Waals surface area contributed by atoms with E-state index in [9.17, 15) is 0 Å². The smallest absolute Gasteiger partial charge is 0.128 e. The fraction of sp³-hybridized carbons (Fsp3) is 0.615. The van der Waals surface area contributed by atoms with Gasteiger partial charge in [0.1, 0.15) is 5.82 Å². The molecule has 0 aliphatic carbocycles. The minimum atomic E-state index is 0. The highest BCUT2D eigenvalue weighted by molar-refractivity contribution is 5.85. The van der Waals surface area contributed by atoms with Gasteiger partial charge in [0, 0.05) is 25.3 Å². The third-order valence-corrected chi connectivity index (χ3v) is 3.26. The highest BCUT2D eigenvalue weighted by atomic mass is 35.5. The molecule has 2 rings (SSSR count). The van der Waals surface area contributed by atoms with Crippen molar-refractivity contribution in [2.45, 2.75) is 38.6 Å². The molecule has 17 heavy (non-hydrogen) atoms. The third kappa shape index (κ3) is 3.86. The van der Waals surface area contributed by atoms with Gasteiger partial charge in [-0.2, -0.15) is 0 Å². The largest absolute Gasteiger partial charge is 0.357 e. The Balaban J connectivity index is 0.00000144. The number of hydrogen-bond acceptors (Lipinski definition) is 3. The molecule has 1 aromatic heterocycles. The van der Waals surface area contributed by atoms with Crippen molar-refractivity contribution in [3.8, 4) is 0 Å². The number of halogens is 1. The van der Waals surface area contributed by atoms with Crippen LogP contribution in [0.15, 0.2) is 18.3 Å². The lowest BCUT2D eigenvalue weighted by atomic mass is 10.1.